The van der Waals surface area contributed by atoms with Gasteiger partial charge in [0.1, 0.15) is 0 Å². The highest BCUT2D eigenvalue weighted by atomic mass is 19.1. The van der Waals surface area contributed by atoms with Crippen molar-refractivity contribution < 1.29 is 19.1 Å². The van der Waals surface area contributed by atoms with Gasteiger partial charge in [-0.2, -0.15) is 9.87 Å². The molecule has 0 radical (unpaired) electrons. The van der Waals surface area contributed by atoms with Crippen LogP contribution in [-0.2, 0) is 4.84 Å². The van der Waals surface area contributed by atoms with Gasteiger partial charge in [0.25, 0.3) is 0 Å². The fraction of sp³-hybridized carbons (Fsp3) is 0.167. The molecule has 1 heterocycles. The third-order valence-electron chi connectivity index (χ3n) is 1.09. The molecule has 0 aliphatic heterocycles. The van der Waals surface area contributed by atoms with Crippen LogP contribution in [0, 0.1) is 11.8 Å². The van der Waals surface area contributed by atoms with Crippen molar-refractivity contribution in [1.29, 1.82) is 0 Å². The summed E-state index contributed by atoms with van der Waals surface area (Å²) in [6.45, 7) is 0. The highest BCUT2D eigenvalue weighted by Gasteiger charge is 2.07. The molecule has 0 saturated heterocycles. The fourth-order valence-corrected chi connectivity index (χ4v) is 0.632. The van der Waals surface area contributed by atoms with Gasteiger partial charge < -0.3 is 0 Å². The van der Waals surface area contributed by atoms with E-state index in [-0.39, 0.29) is 5.69 Å². The standard InChI is InChI=1S/C6H6F2N2O/c1-11-10-5-3-9-6(8)2-4(5)7/h2-3,10H,1H3/p+1. The average molecular weight is 161 g/mol. The number of quaternary nitrogens is 1. The zero-order chi connectivity index (χ0) is 8.27. The first kappa shape index (κ1) is 8.03. The number of hydrogen-bond acceptors (Lipinski definition) is 2. The SMILES string of the molecule is CO[NH2+]c1cnc(F)cc1F. The second-order valence-corrected chi connectivity index (χ2v) is 1.88. The van der Waals surface area contributed by atoms with E-state index < -0.39 is 11.8 Å². The smallest absolute Gasteiger partial charge is 0.216 e. The summed E-state index contributed by atoms with van der Waals surface area (Å²) in [6.07, 6.45) is 1.06. The number of nitrogens with zero attached hydrogens (tertiary/aromatic N) is 1. The van der Waals surface area contributed by atoms with Crippen LogP contribution in [-0.4, -0.2) is 12.1 Å². The summed E-state index contributed by atoms with van der Waals surface area (Å²) in [5, 5.41) is 0. The van der Waals surface area contributed by atoms with Crippen molar-refractivity contribution in [3.05, 3.63) is 24.0 Å². The molecule has 3 nitrogen and oxygen atoms in total. The van der Waals surface area contributed by atoms with Gasteiger partial charge in [0, 0.05) is 6.07 Å². The normalized spacial score (nSPS) is 10.1. The maximum atomic E-state index is 12.6. The predicted molar refractivity (Wildman–Crippen MR) is 32.7 cm³/mol. The number of aromatic nitrogens is 1. The summed E-state index contributed by atoms with van der Waals surface area (Å²) < 4.78 is 24.8. The molecule has 1 rings (SSSR count). The topological polar surface area (TPSA) is 38.7 Å². The lowest BCUT2D eigenvalue weighted by atomic mass is 10.4. The van der Waals surface area contributed by atoms with Gasteiger partial charge in [-0.3, -0.25) is 0 Å². The molecule has 0 spiro atoms. The summed E-state index contributed by atoms with van der Waals surface area (Å²) in [4.78, 5) is 7.76. The van der Waals surface area contributed by atoms with Crippen molar-refractivity contribution in [2.24, 2.45) is 0 Å². The second kappa shape index (κ2) is 3.36. The van der Waals surface area contributed by atoms with Crippen LogP contribution in [0.25, 0.3) is 0 Å². The Morgan fingerprint density at radius 2 is 2.27 bits per heavy atom. The summed E-state index contributed by atoms with van der Waals surface area (Å²) in [5.74, 6) is -1.52. The van der Waals surface area contributed by atoms with Gasteiger partial charge in [-0.1, -0.05) is 0 Å². The van der Waals surface area contributed by atoms with E-state index in [9.17, 15) is 8.78 Å². The predicted octanol–water partition coefficient (Wildman–Crippen LogP) is 0.116. The molecule has 60 valence electrons. The molecule has 0 bridgehead atoms. The molecule has 0 saturated carbocycles. The van der Waals surface area contributed by atoms with Crippen molar-refractivity contribution in [2.75, 3.05) is 7.11 Å². The van der Waals surface area contributed by atoms with E-state index in [0.717, 1.165) is 11.7 Å². The quantitative estimate of drug-likeness (QED) is 0.494. The molecule has 11 heavy (non-hydrogen) atoms. The van der Waals surface area contributed by atoms with Crippen molar-refractivity contribution >= 4 is 5.69 Å². The number of pyridine rings is 1. The molecule has 0 amide bonds. The molecule has 2 N–H and O–H groups in total. The van der Waals surface area contributed by atoms with Crippen LogP contribution in [0.1, 0.15) is 0 Å². The lowest BCUT2D eigenvalue weighted by molar-refractivity contribution is -0.831. The van der Waals surface area contributed by atoms with Crippen molar-refractivity contribution in [2.45, 2.75) is 0 Å². The molecule has 1 aromatic rings. The van der Waals surface area contributed by atoms with E-state index in [0.29, 0.717) is 6.07 Å². The Morgan fingerprint density at radius 1 is 1.55 bits per heavy atom. The molecular formula is C6H7F2N2O+. The molecule has 0 atom stereocenters. The average Bonchev–Trinajstić information content (AvgIpc) is 1.95. The highest BCUT2D eigenvalue weighted by molar-refractivity contribution is 5.24. The number of rotatable bonds is 2. The lowest BCUT2D eigenvalue weighted by Gasteiger charge is -1.95. The largest absolute Gasteiger partial charge is 0.222 e. The van der Waals surface area contributed by atoms with Crippen LogP contribution < -0.4 is 5.48 Å². The van der Waals surface area contributed by atoms with E-state index >= 15 is 0 Å². The van der Waals surface area contributed by atoms with Gasteiger partial charge in [-0.05, 0) is 0 Å². The monoisotopic (exact) mass is 161 g/mol. The van der Waals surface area contributed by atoms with Crippen molar-refractivity contribution in [1.82, 2.24) is 4.98 Å². The first-order valence-corrected chi connectivity index (χ1v) is 2.91. The summed E-state index contributed by atoms with van der Waals surface area (Å²) >= 11 is 0. The first-order chi connectivity index (χ1) is 5.24. The van der Waals surface area contributed by atoms with Crippen LogP contribution in [0.2, 0.25) is 0 Å². The van der Waals surface area contributed by atoms with Crippen molar-refractivity contribution in [3.8, 4) is 0 Å². The molecular weight excluding hydrogens is 154 g/mol. The highest BCUT2D eigenvalue weighted by Crippen LogP contribution is 2.05. The van der Waals surface area contributed by atoms with Gasteiger partial charge in [-0.25, -0.2) is 14.2 Å². The van der Waals surface area contributed by atoms with Gasteiger partial charge >= 0.3 is 0 Å². The lowest BCUT2D eigenvalue weighted by Crippen LogP contribution is -2.76. The fourth-order valence-electron chi connectivity index (χ4n) is 0.632. The zero-order valence-electron chi connectivity index (χ0n) is 5.84. The molecule has 0 aromatic carbocycles. The van der Waals surface area contributed by atoms with Gasteiger partial charge in [0.15, 0.2) is 5.82 Å². The third kappa shape index (κ3) is 1.92. The molecule has 0 aliphatic rings. The Kier molecular flexibility index (Phi) is 2.45. The van der Waals surface area contributed by atoms with E-state index in [1.807, 2.05) is 0 Å². The Bertz CT molecular complexity index is 254. The summed E-state index contributed by atoms with van der Waals surface area (Å²) in [5.41, 5.74) is 1.29. The van der Waals surface area contributed by atoms with Crippen LogP contribution in [0.5, 0.6) is 0 Å². The second-order valence-electron chi connectivity index (χ2n) is 1.88. The zero-order valence-corrected chi connectivity index (χ0v) is 5.84. The molecule has 1 aromatic heterocycles. The minimum atomic E-state index is -0.837. The maximum Gasteiger partial charge on any atom is 0.216 e. The van der Waals surface area contributed by atoms with Gasteiger partial charge in [0.05, 0.1) is 13.3 Å². The molecule has 5 heteroatoms. The Labute approximate surface area is 62.0 Å². The Morgan fingerprint density at radius 3 is 2.82 bits per heavy atom. The van der Waals surface area contributed by atoms with Crippen LogP contribution in [0.3, 0.4) is 0 Å². The maximum absolute atomic E-state index is 12.6. The van der Waals surface area contributed by atoms with E-state index in [4.69, 9.17) is 0 Å². The van der Waals surface area contributed by atoms with Crippen LogP contribution in [0.15, 0.2) is 12.3 Å². The van der Waals surface area contributed by atoms with E-state index in [1.165, 1.54) is 7.11 Å². The van der Waals surface area contributed by atoms with E-state index in [2.05, 4.69) is 9.82 Å². The Balaban J connectivity index is 2.90. The first-order valence-electron chi connectivity index (χ1n) is 2.91. The number of nitrogens with two attached hydrogens (primary N) is 1. The van der Waals surface area contributed by atoms with Gasteiger partial charge in [0.2, 0.25) is 11.6 Å². The van der Waals surface area contributed by atoms with Crippen LogP contribution >= 0.6 is 0 Å². The van der Waals surface area contributed by atoms with Gasteiger partial charge in [-0.15, -0.1) is 0 Å². The Hall–Kier alpha value is -1.07. The van der Waals surface area contributed by atoms with Crippen LogP contribution in [0.4, 0.5) is 14.5 Å². The third-order valence-corrected chi connectivity index (χ3v) is 1.09. The number of halogens is 2. The molecule has 0 fully saturated rings. The molecule has 0 aliphatic carbocycles. The molecule has 0 unspecified atom stereocenters. The van der Waals surface area contributed by atoms with E-state index in [1.54, 1.807) is 0 Å². The van der Waals surface area contributed by atoms with Crippen molar-refractivity contribution in [3.63, 3.8) is 0 Å². The summed E-state index contributed by atoms with van der Waals surface area (Å²) in [6, 6.07) is 0.699. The number of hydrogen-bond donors (Lipinski definition) is 1. The summed E-state index contributed by atoms with van der Waals surface area (Å²) in [7, 11) is 1.38. The minimum absolute atomic E-state index is 0.133. The minimum Gasteiger partial charge on any atom is -0.222 e.